The number of hydrogen-bond acceptors (Lipinski definition) is 2. The number of aryl methyl sites for hydroxylation is 1. The molecule has 0 aromatic heterocycles. The van der Waals surface area contributed by atoms with Gasteiger partial charge in [-0.05, 0) is 49.8 Å². The molecule has 0 aliphatic heterocycles. The number of nitrogens with one attached hydrogen (secondary N) is 1. The molecular weight excluding hydrogens is 234 g/mol. The molecule has 0 spiro atoms. The number of hydrogen-bond donors (Lipinski definition) is 1. The Morgan fingerprint density at radius 3 is 2.95 bits per heavy atom. The van der Waals surface area contributed by atoms with Crippen LogP contribution in [0.4, 0.5) is 0 Å². The van der Waals surface area contributed by atoms with Crippen LogP contribution in [0.15, 0.2) is 24.3 Å². The molecule has 2 heteroatoms. The fraction of sp³-hybridized carbons (Fsp3) is 0.647. The van der Waals surface area contributed by atoms with E-state index in [1.165, 1.54) is 36.8 Å². The summed E-state index contributed by atoms with van der Waals surface area (Å²) in [6.07, 6.45) is 6.53. The highest BCUT2D eigenvalue weighted by atomic mass is 16.5. The Bertz CT molecular complexity index is 377. The van der Waals surface area contributed by atoms with E-state index in [1.807, 2.05) is 0 Å². The Morgan fingerprint density at radius 1 is 1.32 bits per heavy atom. The zero-order valence-electron chi connectivity index (χ0n) is 12.3. The van der Waals surface area contributed by atoms with Gasteiger partial charge in [0.1, 0.15) is 0 Å². The van der Waals surface area contributed by atoms with Crippen molar-refractivity contribution in [2.24, 2.45) is 0 Å². The summed E-state index contributed by atoms with van der Waals surface area (Å²) in [6.45, 7) is 6.48. The summed E-state index contributed by atoms with van der Waals surface area (Å²) >= 11 is 0. The van der Waals surface area contributed by atoms with Crippen LogP contribution in [0.1, 0.15) is 56.8 Å². The Balaban J connectivity index is 1.94. The van der Waals surface area contributed by atoms with E-state index in [9.17, 15) is 0 Å². The Kier molecular flexibility index (Phi) is 5.87. The normalized spacial score (nSPS) is 20.0. The van der Waals surface area contributed by atoms with E-state index in [-0.39, 0.29) is 0 Å². The minimum absolute atomic E-state index is 0.304. The van der Waals surface area contributed by atoms with E-state index < -0.39 is 0 Å². The number of fused-ring (bicyclic) bond motifs is 1. The van der Waals surface area contributed by atoms with E-state index >= 15 is 0 Å². The number of rotatable bonds is 7. The van der Waals surface area contributed by atoms with Crippen molar-refractivity contribution < 1.29 is 4.74 Å². The lowest BCUT2D eigenvalue weighted by Crippen LogP contribution is -2.31. The Labute approximate surface area is 117 Å². The van der Waals surface area contributed by atoms with Crippen LogP contribution in [-0.4, -0.2) is 19.2 Å². The maximum Gasteiger partial charge on any atom is 0.0832 e. The monoisotopic (exact) mass is 261 g/mol. The van der Waals surface area contributed by atoms with Gasteiger partial charge in [-0.15, -0.1) is 0 Å². The average Bonchev–Trinajstić information content (AvgIpc) is 2.46. The molecule has 0 radical (unpaired) electrons. The lowest BCUT2D eigenvalue weighted by molar-refractivity contribution is -0.0228. The highest BCUT2D eigenvalue weighted by Crippen LogP contribution is 2.33. The van der Waals surface area contributed by atoms with Gasteiger partial charge in [-0.2, -0.15) is 0 Å². The van der Waals surface area contributed by atoms with Crippen molar-refractivity contribution in [2.45, 2.75) is 58.2 Å². The second-order valence-electron chi connectivity index (χ2n) is 5.45. The number of benzene rings is 1. The molecular formula is C17H27NO. The summed E-state index contributed by atoms with van der Waals surface area (Å²) < 4.78 is 6.35. The lowest BCUT2D eigenvalue weighted by Gasteiger charge is -2.29. The summed E-state index contributed by atoms with van der Waals surface area (Å²) in [6, 6.07) is 8.77. The molecule has 2 nitrogen and oxygen atoms in total. The molecule has 1 N–H and O–H groups in total. The van der Waals surface area contributed by atoms with Crippen molar-refractivity contribution in [2.75, 3.05) is 13.1 Å². The van der Waals surface area contributed by atoms with Gasteiger partial charge in [0.2, 0.25) is 0 Å². The molecule has 1 aliphatic rings. The van der Waals surface area contributed by atoms with Crippen LogP contribution in [-0.2, 0) is 11.2 Å². The molecule has 106 valence electrons. The molecule has 1 aliphatic carbocycles. The van der Waals surface area contributed by atoms with Gasteiger partial charge in [0.25, 0.3) is 0 Å². The zero-order chi connectivity index (χ0) is 13.5. The Morgan fingerprint density at radius 2 is 2.16 bits per heavy atom. The lowest BCUT2D eigenvalue weighted by atomic mass is 9.89. The highest BCUT2D eigenvalue weighted by Gasteiger charge is 2.22. The van der Waals surface area contributed by atoms with Gasteiger partial charge in [-0.25, -0.2) is 0 Å². The van der Waals surface area contributed by atoms with Gasteiger partial charge < -0.3 is 10.1 Å². The first kappa shape index (κ1) is 14.5. The van der Waals surface area contributed by atoms with Gasteiger partial charge >= 0.3 is 0 Å². The van der Waals surface area contributed by atoms with Gasteiger partial charge in [-0.1, -0.05) is 38.1 Å². The summed E-state index contributed by atoms with van der Waals surface area (Å²) in [5, 5.41) is 3.47. The van der Waals surface area contributed by atoms with Crippen LogP contribution in [0.5, 0.6) is 0 Å². The smallest absolute Gasteiger partial charge is 0.0832 e. The first-order valence-electron chi connectivity index (χ1n) is 7.79. The van der Waals surface area contributed by atoms with Crippen molar-refractivity contribution in [1.29, 1.82) is 0 Å². The zero-order valence-corrected chi connectivity index (χ0v) is 12.3. The van der Waals surface area contributed by atoms with E-state index in [2.05, 4.69) is 43.4 Å². The van der Waals surface area contributed by atoms with Crippen LogP contribution in [0, 0.1) is 0 Å². The van der Waals surface area contributed by atoms with E-state index in [0.717, 1.165) is 19.5 Å². The highest BCUT2D eigenvalue weighted by molar-refractivity contribution is 5.31. The molecule has 1 aromatic carbocycles. The predicted molar refractivity (Wildman–Crippen MR) is 80.4 cm³/mol. The largest absolute Gasteiger partial charge is 0.369 e. The van der Waals surface area contributed by atoms with Crippen molar-refractivity contribution in [1.82, 2.24) is 5.32 Å². The molecule has 0 heterocycles. The second kappa shape index (κ2) is 7.66. The van der Waals surface area contributed by atoms with Crippen LogP contribution < -0.4 is 5.32 Å². The molecule has 19 heavy (non-hydrogen) atoms. The SMILES string of the molecule is CCCNCC(CC)OC1CCCc2ccccc21. The molecule has 0 fully saturated rings. The average molecular weight is 261 g/mol. The van der Waals surface area contributed by atoms with E-state index in [0.29, 0.717) is 12.2 Å². The van der Waals surface area contributed by atoms with Crippen LogP contribution in [0.25, 0.3) is 0 Å². The molecule has 2 atom stereocenters. The maximum absolute atomic E-state index is 6.35. The third-order valence-corrected chi connectivity index (χ3v) is 3.93. The molecule has 2 unspecified atom stereocenters. The van der Waals surface area contributed by atoms with Gasteiger partial charge in [0.05, 0.1) is 12.2 Å². The van der Waals surface area contributed by atoms with Crippen molar-refractivity contribution >= 4 is 0 Å². The van der Waals surface area contributed by atoms with Crippen LogP contribution >= 0.6 is 0 Å². The fourth-order valence-electron chi connectivity index (χ4n) is 2.81. The third kappa shape index (κ3) is 4.05. The molecule has 2 rings (SSSR count). The first-order valence-corrected chi connectivity index (χ1v) is 7.79. The molecule has 0 saturated heterocycles. The van der Waals surface area contributed by atoms with E-state index in [4.69, 9.17) is 4.74 Å². The summed E-state index contributed by atoms with van der Waals surface area (Å²) in [5.74, 6) is 0. The fourth-order valence-corrected chi connectivity index (χ4v) is 2.81. The summed E-state index contributed by atoms with van der Waals surface area (Å²) in [4.78, 5) is 0. The number of ether oxygens (including phenoxy) is 1. The Hall–Kier alpha value is -0.860. The van der Waals surface area contributed by atoms with Gasteiger partial charge in [0.15, 0.2) is 0 Å². The summed E-state index contributed by atoms with van der Waals surface area (Å²) in [5.41, 5.74) is 2.90. The predicted octanol–water partition coefficient (Wildman–Crippen LogP) is 3.86. The van der Waals surface area contributed by atoms with E-state index in [1.54, 1.807) is 0 Å². The van der Waals surface area contributed by atoms with Crippen LogP contribution in [0.2, 0.25) is 0 Å². The van der Waals surface area contributed by atoms with Gasteiger partial charge in [-0.3, -0.25) is 0 Å². The minimum atomic E-state index is 0.304. The molecule has 0 bridgehead atoms. The van der Waals surface area contributed by atoms with Gasteiger partial charge in [0, 0.05) is 6.54 Å². The van der Waals surface area contributed by atoms with Crippen molar-refractivity contribution in [3.63, 3.8) is 0 Å². The minimum Gasteiger partial charge on any atom is -0.369 e. The quantitative estimate of drug-likeness (QED) is 0.753. The van der Waals surface area contributed by atoms with Crippen molar-refractivity contribution in [3.05, 3.63) is 35.4 Å². The second-order valence-corrected chi connectivity index (χ2v) is 5.45. The molecule has 1 aromatic rings. The van der Waals surface area contributed by atoms with Crippen molar-refractivity contribution in [3.8, 4) is 0 Å². The van der Waals surface area contributed by atoms with Crippen LogP contribution in [0.3, 0.4) is 0 Å². The summed E-state index contributed by atoms with van der Waals surface area (Å²) in [7, 11) is 0. The first-order chi connectivity index (χ1) is 9.35. The topological polar surface area (TPSA) is 21.3 Å². The maximum atomic E-state index is 6.35. The molecule has 0 saturated carbocycles. The standard InChI is InChI=1S/C17H27NO/c1-3-12-18-13-15(4-2)19-17-11-7-9-14-8-5-6-10-16(14)17/h5-6,8,10,15,17-18H,3-4,7,9,11-13H2,1-2H3. The third-order valence-electron chi connectivity index (χ3n) is 3.93. The molecule has 0 amide bonds.